The maximum absolute atomic E-state index is 12.6. The van der Waals surface area contributed by atoms with Crippen molar-refractivity contribution in [1.82, 2.24) is 14.5 Å². The summed E-state index contributed by atoms with van der Waals surface area (Å²) >= 11 is 0. The molecule has 1 amide bonds. The first kappa shape index (κ1) is 16.5. The van der Waals surface area contributed by atoms with E-state index >= 15 is 0 Å². The standard InChI is InChI=1S/C22H18N4O2/c27-19-7-4-12-25(19)17-10-8-15(9-11-17)18-13-26(16-5-2-1-3-6-16)21-20(18)22(28)24-14-23-21/h1-3,5-6,8-11,13-14H,4,7,12H2,(H,23,24,28). The molecule has 0 saturated carbocycles. The molecule has 0 radical (unpaired) electrons. The number of para-hydroxylation sites is 1. The van der Waals surface area contributed by atoms with E-state index in [4.69, 9.17) is 0 Å². The lowest BCUT2D eigenvalue weighted by Crippen LogP contribution is -2.23. The van der Waals surface area contributed by atoms with E-state index in [2.05, 4.69) is 9.97 Å². The number of nitrogens with zero attached hydrogens (tertiary/aromatic N) is 3. The van der Waals surface area contributed by atoms with Crippen LogP contribution in [0.15, 0.2) is 71.9 Å². The van der Waals surface area contributed by atoms with Gasteiger partial charge in [-0.15, -0.1) is 0 Å². The van der Waals surface area contributed by atoms with Crippen molar-refractivity contribution in [3.8, 4) is 16.8 Å². The van der Waals surface area contributed by atoms with E-state index in [0.29, 0.717) is 17.5 Å². The van der Waals surface area contributed by atoms with E-state index in [0.717, 1.165) is 35.5 Å². The van der Waals surface area contributed by atoms with Gasteiger partial charge in [0, 0.05) is 36.1 Å². The average molecular weight is 370 g/mol. The summed E-state index contributed by atoms with van der Waals surface area (Å²) in [6.07, 6.45) is 4.87. The molecule has 4 aromatic rings. The molecule has 6 heteroatoms. The summed E-state index contributed by atoms with van der Waals surface area (Å²) in [5.41, 5.74) is 4.00. The van der Waals surface area contributed by atoms with Gasteiger partial charge in [0.25, 0.3) is 5.56 Å². The lowest BCUT2D eigenvalue weighted by Gasteiger charge is -2.15. The fourth-order valence-corrected chi connectivity index (χ4v) is 3.82. The molecule has 2 aromatic carbocycles. The number of rotatable bonds is 3. The van der Waals surface area contributed by atoms with Crippen LogP contribution in [0.5, 0.6) is 0 Å². The van der Waals surface area contributed by atoms with Crippen molar-refractivity contribution < 1.29 is 4.79 Å². The summed E-state index contributed by atoms with van der Waals surface area (Å²) < 4.78 is 1.93. The summed E-state index contributed by atoms with van der Waals surface area (Å²) in [7, 11) is 0. The number of amides is 1. The number of hydrogen-bond donors (Lipinski definition) is 1. The third-order valence-electron chi connectivity index (χ3n) is 5.19. The maximum Gasteiger partial charge on any atom is 0.260 e. The summed E-state index contributed by atoms with van der Waals surface area (Å²) in [5, 5.41) is 0.552. The molecule has 28 heavy (non-hydrogen) atoms. The summed E-state index contributed by atoms with van der Waals surface area (Å²) in [4.78, 5) is 33.5. The van der Waals surface area contributed by atoms with Crippen LogP contribution in [-0.2, 0) is 4.79 Å². The Bertz CT molecular complexity index is 1220. The van der Waals surface area contributed by atoms with Gasteiger partial charge in [0.15, 0.2) is 5.65 Å². The lowest BCUT2D eigenvalue weighted by molar-refractivity contribution is -0.117. The van der Waals surface area contributed by atoms with Crippen molar-refractivity contribution in [3.05, 3.63) is 77.5 Å². The Balaban J connectivity index is 1.65. The Hall–Kier alpha value is -3.67. The van der Waals surface area contributed by atoms with E-state index in [9.17, 15) is 9.59 Å². The minimum Gasteiger partial charge on any atom is -0.312 e. The Morgan fingerprint density at radius 1 is 0.929 bits per heavy atom. The van der Waals surface area contributed by atoms with Crippen molar-refractivity contribution in [3.63, 3.8) is 0 Å². The first-order chi connectivity index (χ1) is 13.7. The summed E-state index contributed by atoms with van der Waals surface area (Å²) in [5.74, 6) is 0.161. The predicted molar refractivity (Wildman–Crippen MR) is 109 cm³/mol. The number of carbonyl (C=O) groups excluding carboxylic acids is 1. The molecule has 2 aromatic heterocycles. The zero-order chi connectivity index (χ0) is 19.1. The van der Waals surface area contributed by atoms with Gasteiger partial charge >= 0.3 is 0 Å². The second-order valence-electron chi connectivity index (χ2n) is 6.87. The summed E-state index contributed by atoms with van der Waals surface area (Å²) in [6.45, 7) is 0.759. The fraction of sp³-hybridized carbons (Fsp3) is 0.136. The van der Waals surface area contributed by atoms with Crippen LogP contribution in [0.3, 0.4) is 0 Å². The molecule has 1 saturated heterocycles. The van der Waals surface area contributed by atoms with Crippen molar-refractivity contribution in [2.24, 2.45) is 0 Å². The maximum atomic E-state index is 12.6. The molecule has 1 aliphatic rings. The number of nitrogens with one attached hydrogen (secondary N) is 1. The minimum atomic E-state index is -0.173. The highest BCUT2D eigenvalue weighted by atomic mass is 16.2. The molecule has 1 N–H and O–H groups in total. The molecule has 1 fully saturated rings. The molecular weight excluding hydrogens is 352 g/mol. The van der Waals surface area contributed by atoms with Crippen LogP contribution < -0.4 is 10.5 Å². The van der Waals surface area contributed by atoms with Gasteiger partial charge in [0.05, 0.1) is 11.7 Å². The molecule has 6 nitrogen and oxygen atoms in total. The second kappa shape index (κ2) is 6.49. The van der Waals surface area contributed by atoms with Gasteiger partial charge in [-0.25, -0.2) is 4.98 Å². The molecule has 1 aliphatic heterocycles. The van der Waals surface area contributed by atoms with Crippen LogP contribution in [-0.4, -0.2) is 27.0 Å². The molecule has 0 atom stereocenters. The number of fused-ring (bicyclic) bond motifs is 1. The number of carbonyl (C=O) groups is 1. The number of H-pyrrole nitrogens is 1. The third-order valence-corrected chi connectivity index (χ3v) is 5.19. The highest BCUT2D eigenvalue weighted by Crippen LogP contribution is 2.31. The topological polar surface area (TPSA) is 71.0 Å². The minimum absolute atomic E-state index is 0.161. The molecule has 0 unspecified atom stereocenters. The Morgan fingerprint density at radius 2 is 1.71 bits per heavy atom. The average Bonchev–Trinajstić information content (AvgIpc) is 3.33. The number of anilines is 1. The molecule has 5 rings (SSSR count). The van der Waals surface area contributed by atoms with Crippen LogP contribution >= 0.6 is 0 Å². The van der Waals surface area contributed by atoms with Gasteiger partial charge in [-0.1, -0.05) is 30.3 Å². The quantitative estimate of drug-likeness (QED) is 0.600. The van der Waals surface area contributed by atoms with Gasteiger partial charge in [-0.05, 0) is 36.2 Å². The SMILES string of the molecule is O=C1CCCN1c1ccc(-c2cn(-c3ccccc3)c3nc[nH]c(=O)c23)cc1. The highest BCUT2D eigenvalue weighted by molar-refractivity contribution is 5.97. The molecule has 0 aliphatic carbocycles. The largest absolute Gasteiger partial charge is 0.312 e. The Kier molecular flexibility index (Phi) is 3.83. The lowest BCUT2D eigenvalue weighted by atomic mass is 10.1. The number of hydrogen-bond acceptors (Lipinski definition) is 3. The van der Waals surface area contributed by atoms with Gasteiger partial charge in [0.2, 0.25) is 5.91 Å². The monoisotopic (exact) mass is 370 g/mol. The van der Waals surface area contributed by atoms with Gasteiger partial charge in [-0.3, -0.25) is 9.59 Å². The first-order valence-corrected chi connectivity index (χ1v) is 9.27. The van der Waals surface area contributed by atoms with Crippen molar-refractivity contribution >= 4 is 22.6 Å². The van der Waals surface area contributed by atoms with Gasteiger partial charge < -0.3 is 14.5 Å². The van der Waals surface area contributed by atoms with Crippen LogP contribution in [0.25, 0.3) is 27.8 Å². The predicted octanol–water partition coefficient (Wildman–Crippen LogP) is 3.51. The number of aromatic nitrogens is 3. The zero-order valence-electron chi connectivity index (χ0n) is 15.1. The van der Waals surface area contributed by atoms with E-state index < -0.39 is 0 Å². The fourth-order valence-electron chi connectivity index (χ4n) is 3.82. The smallest absolute Gasteiger partial charge is 0.260 e. The van der Waals surface area contributed by atoms with E-state index in [1.165, 1.54) is 6.33 Å². The molecule has 0 spiro atoms. The van der Waals surface area contributed by atoms with Crippen molar-refractivity contribution in [1.29, 1.82) is 0 Å². The third kappa shape index (κ3) is 2.62. The number of aromatic amines is 1. The summed E-state index contributed by atoms with van der Waals surface area (Å²) in [6, 6.07) is 17.6. The normalized spacial score (nSPS) is 14.1. The number of benzene rings is 2. The van der Waals surface area contributed by atoms with Crippen LogP contribution in [0.2, 0.25) is 0 Å². The molecule has 3 heterocycles. The van der Waals surface area contributed by atoms with E-state index in [-0.39, 0.29) is 11.5 Å². The van der Waals surface area contributed by atoms with Crippen molar-refractivity contribution in [2.45, 2.75) is 12.8 Å². The molecule has 138 valence electrons. The Morgan fingerprint density at radius 3 is 2.43 bits per heavy atom. The van der Waals surface area contributed by atoms with Crippen LogP contribution in [0, 0.1) is 0 Å². The highest BCUT2D eigenvalue weighted by Gasteiger charge is 2.22. The Labute approximate surface area is 161 Å². The zero-order valence-corrected chi connectivity index (χ0v) is 15.1. The first-order valence-electron chi connectivity index (χ1n) is 9.27. The van der Waals surface area contributed by atoms with Crippen LogP contribution in [0.1, 0.15) is 12.8 Å². The molecular formula is C22H18N4O2. The van der Waals surface area contributed by atoms with E-state index in [1.807, 2.05) is 70.3 Å². The van der Waals surface area contributed by atoms with Gasteiger partial charge in [0.1, 0.15) is 0 Å². The van der Waals surface area contributed by atoms with Gasteiger partial charge in [-0.2, -0.15) is 0 Å². The van der Waals surface area contributed by atoms with Crippen molar-refractivity contribution in [2.75, 3.05) is 11.4 Å². The molecule has 0 bridgehead atoms. The van der Waals surface area contributed by atoms with Crippen LogP contribution in [0.4, 0.5) is 5.69 Å². The second-order valence-corrected chi connectivity index (χ2v) is 6.87. The van der Waals surface area contributed by atoms with E-state index in [1.54, 1.807) is 0 Å².